The van der Waals surface area contributed by atoms with E-state index in [1.54, 1.807) is 11.3 Å². The molecule has 0 saturated heterocycles. The fourth-order valence-electron chi connectivity index (χ4n) is 4.18. The summed E-state index contributed by atoms with van der Waals surface area (Å²) in [4.78, 5) is 11.1. The van der Waals surface area contributed by atoms with Gasteiger partial charge in [-0.25, -0.2) is 9.97 Å². The molecule has 2 heterocycles. The van der Waals surface area contributed by atoms with Crippen LogP contribution in [0.15, 0.2) is 78.9 Å². The van der Waals surface area contributed by atoms with Crippen LogP contribution >= 0.6 is 11.3 Å². The van der Waals surface area contributed by atoms with Crippen LogP contribution in [-0.4, -0.2) is 9.97 Å². The molecule has 30 heavy (non-hydrogen) atoms. The Hall–Kier alpha value is -3.30. The van der Waals surface area contributed by atoms with Gasteiger partial charge in [0.15, 0.2) is 0 Å². The summed E-state index contributed by atoms with van der Waals surface area (Å²) in [6.45, 7) is 4.32. The number of thiophene rings is 1. The lowest BCUT2D eigenvalue weighted by atomic mass is 10.0. The van der Waals surface area contributed by atoms with E-state index in [0.717, 1.165) is 21.9 Å². The Morgan fingerprint density at radius 1 is 0.700 bits per heavy atom. The van der Waals surface area contributed by atoms with Gasteiger partial charge in [-0.1, -0.05) is 74.5 Å². The first-order chi connectivity index (χ1) is 14.7. The predicted molar refractivity (Wildman–Crippen MR) is 129 cm³/mol. The summed E-state index contributed by atoms with van der Waals surface area (Å²) in [5.41, 5.74) is 2.19. The average Bonchev–Trinajstić information content (AvgIpc) is 3.13. The van der Waals surface area contributed by atoms with Crippen molar-refractivity contribution < 1.29 is 0 Å². The molecule has 0 aliphatic carbocycles. The summed E-state index contributed by atoms with van der Waals surface area (Å²) in [7, 11) is 0. The van der Waals surface area contributed by atoms with E-state index in [1.165, 1.54) is 37.0 Å². The van der Waals surface area contributed by atoms with Crippen molar-refractivity contribution in [3.05, 3.63) is 84.7 Å². The van der Waals surface area contributed by atoms with E-state index >= 15 is 0 Å². The van der Waals surface area contributed by atoms with Gasteiger partial charge >= 0.3 is 0 Å². The van der Waals surface area contributed by atoms with Crippen LogP contribution in [0, 0.1) is 0 Å². The van der Waals surface area contributed by atoms with Crippen molar-refractivity contribution >= 4 is 53.2 Å². The van der Waals surface area contributed by atoms with Crippen LogP contribution in [0.1, 0.15) is 25.6 Å². The highest BCUT2D eigenvalue weighted by molar-refractivity contribution is 7.25. The first-order valence-corrected chi connectivity index (χ1v) is 11.1. The molecular formula is C27H20N2S. The van der Waals surface area contributed by atoms with Gasteiger partial charge in [-0.15, -0.1) is 11.3 Å². The molecule has 0 aliphatic rings. The largest absolute Gasteiger partial charge is 0.232 e. The maximum Gasteiger partial charge on any atom is 0.133 e. The highest BCUT2D eigenvalue weighted by Crippen LogP contribution is 2.41. The first kappa shape index (κ1) is 17.5. The second-order valence-electron chi connectivity index (χ2n) is 8.12. The first-order valence-electron chi connectivity index (χ1n) is 10.3. The van der Waals surface area contributed by atoms with Crippen LogP contribution in [-0.2, 0) is 0 Å². The minimum atomic E-state index is 0.276. The molecule has 2 nitrogen and oxygen atoms in total. The molecule has 4 aromatic carbocycles. The zero-order valence-electron chi connectivity index (χ0n) is 16.9. The molecule has 0 bridgehead atoms. The van der Waals surface area contributed by atoms with Gasteiger partial charge in [0.1, 0.15) is 10.7 Å². The van der Waals surface area contributed by atoms with E-state index in [4.69, 9.17) is 9.97 Å². The minimum Gasteiger partial charge on any atom is -0.232 e. The zero-order valence-corrected chi connectivity index (χ0v) is 17.7. The topological polar surface area (TPSA) is 25.8 Å². The third kappa shape index (κ3) is 2.70. The molecule has 0 aliphatic heterocycles. The summed E-state index contributed by atoms with van der Waals surface area (Å²) < 4.78 is 1.26. The third-order valence-electron chi connectivity index (χ3n) is 5.76. The standard InChI is InChI=1S/C27H20N2S/c1-16(2)26-28-25(21-12-11-17-7-3-4-8-18(17)13-21)24-22-14-19-9-5-6-10-20(19)15-23(22)30-27(24)29-26/h3-16H,1-2H3. The van der Waals surface area contributed by atoms with Crippen LogP contribution in [0.3, 0.4) is 0 Å². The SMILES string of the molecule is CC(C)c1nc(-c2ccc3ccccc3c2)c2c(n1)sc1cc3ccccc3cc12. The Morgan fingerprint density at radius 3 is 2.10 bits per heavy atom. The molecule has 0 unspecified atom stereocenters. The van der Waals surface area contributed by atoms with Crippen molar-refractivity contribution in [2.24, 2.45) is 0 Å². The quantitative estimate of drug-likeness (QED) is 0.293. The molecule has 0 fully saturated rings. The smallest absolute Gasteiger partial charge is 0.133 e. The average molecular weight is 405 g/mol. The molecule has 0 saturated carbocycles. The number of rotatable bonds is 2. The lowest BCUT2D eigenvalue weighted by Gasteiger charge is -2.10. The van der Waals surface area contributed by atoms with E-state index in [9.17, 15) is 0 Å². The summed E-state index contributed by atoms with van der Waals surface area (Å²) in [6.07, 6.45) is 0. The molecule has 0 radical (unpaired) electrons. The summed E-state index contributed by atoms with van der Waals surface area (Å²) >= 11 is 1.77. The molecule has 144 valence electrons. The Morgan fingerprint density at radius 2 is 1.37 bits per heavy atom. The number of benzene rings is 4. The maximum atomic E-state index is 5.08. The summed E-state index contributed by atoms with van der Waals surface area (Å²) in [5, 5.41) is 7.41. The highest BCUT2D eigenvalue weighted by atomic mass is 32.1. The molecular weight excluding hydrogens is 384 g/mol. The Balaban J connectivity index is 1.74. The monoisotopic (exact) mass is 404 g/mol. The van der Waals surface area contributed by atoms with Crippen LogP contribution in [0.25, 0.3) is 53.1 Å². The lowest BCUT2D eigenvalue weighted by molar-refractivity contribution is 0.786. The number of aromatic nitrogens is 2. The second kappa shape index (κ2) is 6.61. The van der Waals surface area contributed by atoms with Crippen molar-refractivity contribution in [1.29, 1.82) is 0 Å². The molecule has 6 rings (SSSR count). The van der Waals surface area contributed by atoms with E-state index in [1.807, 2.05) is 0 Å². The number of nitrogens with zero attached hydrogens (tertiary/aromatic N) is 2. The molecule has 2 aromatic heterocycles. The number of fused-ring (bicyclic) bond motifs is 5. The molecule has 0 N–H and O–H groups in total. The Kier molecular flexibility index (Phi) is 3.87. The van der Waals surface area contributed by atoms with Gasteiger partial charge in [0.25, 0.3) is 0 Å². The molecule has 3 heteroatoms. The van der Waals surface area contributed by atoms with Crippen LogP contribution in [0.2, 0.25) is 0 Å². The molecule has 6 aromatic rings. The number of hydrogen-bond donors (Lipinski definition) is 0. The fraction of sp³-hybridized carbons (Fsp3) is 0.111. The van der Waals surface area contributed by atoms with Gasteiger partial charge in [0.05, 0.1) is 5.69 Å². The van der Waals surface area contributed by atoms with Crippen molar-refractivity contribution in [3.8, 4) is 11.3 Å². The van der Waals surface area contributed by atoms with Crippen LogP contribution in [0.4, 0.5) is 0 Å². The second-order valence-corrected chi connectivity index (χ2v) is 9.16. The summed E-state index contributed by atoms with van der Waals surface area (Å²) in [5.74, 6) is 1.18. The fourth-order valence-corrected chi connectivity index (χ4v) is 5.29. The highest BCUT2D eigenvalue weighted by Gasteiger charge is 2.18. The van der Waals surface area contributed by atoms with Crippen molar-refractivity contribution in [1.82, 2.24) is 9.97 Å². The van der Waals surface area contributed by atoms with E-state index < -0.39 is 0 Å². The molecule has 0 atom stereocenters. The van der Waals surface area contributed by atoms with Gasteiger partial charge in [-0.05, 0) is 39.7 Å². The normalized spacial score (nSPS) is 12.0. The zero-order chi connectivity index (χ0) is 20.2. The maximum absolute atomic E-state index is 5.08. The third-order valence-corrected chi connectivity index (χ3v) is 6.80. The Bertz CT molecular complexity index is 1580. The lowest BCUT2D eigenvalue weighted by Crippen LogP contribution is -1.99. The van der Waals surface area contributed by atoms with Gasteiger partial charge in [-0.3, -0.25) is 0 Å². The number of hydrogen-bond acceptors (Lipinski definition) is 3. The van der Waals surface area contributed by atoms with Gasteiger partial charge in [0.2, 0.25) is 0 Å². The van der Waals surface area contributed by atoms with E-state index in [-0.39, 0.29) is 5.92 Å². The van der Waals surface area contributed by atoms with Crippen molar-refractivity contribution in [2.75, 3.05) is 0 Å². The predicted octanol–water partition coefficient (Wildman–Crippen LogP) is 7.94. The van der Waals surface area contributed by atoms with Crippen LogP contribution in [0.5, 0.6) is 0 Å². The Labute approximate surface area is 178 Å². The van der Waals surface area contributed by atoms with E-state index in [0.29, 0.717) is 0 Å². The molecule has 0 amide bonds. The van der Waals surface area contributed by atoms with Gasteiger partial charge in [-0.2, -0.15) is 0 Å². The van der Waals surface area contributed by atoms with Crippen molar-refractivity contribution in [2.45, 2.75) is 19.8 Å². The van der Waals surface area contributed by atoms with E-state index in [2.05, 4.69) is 92.7 Å². The van der Waals surface area contributed by atoms with Gasteiger partial charge < -0.3 is 0 Å². The minimum absolute atomic E-state index is 0.276. The van der Waals surface area contributed by atoms with Gasteiger partial charge in [0, 0.05) is 27.0 Å². The molecule has 0 spiro atoms. The van der Waals surface area contributed by atoms with Crippen molar-refractivity contribution in [3.63, 3.8) is 0 Å². The summed E-state index contributed by atoms with van der Waals surface area (Å²) in [6, 6.07) is 28.3. The van der Waals surface area contributed by atoms with Crippen LogP contribution < -0.4 is 0 Å².